The Bertz CT molecular complexity index is 1210. The van der Waals surface area contributed by atoms with Crippen LogP contribution in [-0.2, 0) is 0 Å². The van der Waals surface area contributed by atoms with E-state index in [1.54, 1.807) is 18.0 Å². The van der Waals surface area contributed by atoms with E-state index >= 15 is 0 Å². The van der Waals surface area contributed by atoms with Crippen LogP contribution < -0.4 is 5.32 Å². The molecular weight excluding hydrogens is 454 g/mol. The molecule has 0 unspecified atom stereocenters. The highest BCUT2D eigenvalue weighted by molar-refractivity contribution is 9.10. The smallest absolute Gasteiger partial charge is 0.103 e. The van der Waals surface area contributed by atoms with Crippen LogP contribution >= 0.6 is 39.3 Å². The van der Waals surface area contributed by atoms with Crippen LogP contribution in [0.4, 0.5) is 11.4 Å². The summed E-state index contributed by atoms with van der Waals surface area (Å²) < 4.78 is 0.938. The normalized spacial score (nSPS) is 10.6. The molecule has 28 heavy (non-hydrogen) atoms. The van der Waals surface area contributed by atoms with Crippen LogP contribution in [0.3, 0.4) is 0 Å². The zero-order valence-electron chi connectivity index (χ0n) is 14.5. The lowest BCUT2D eigenvalue weighted by Crippen LogP contribution is -1.97. The Hall–Kier alpha value is -2.52. The molecule has 1 N–H and O–H groups in total. The van der Waals surface area contributed by atoms with Crippen molar-refractivity contribution in [2.45, 2.75) is 9.79 Å². The zero-order valence-corrected chi connectivity index (χ0v) is 17.6. The molecular formula is C22H13BrClN3S. The number of nitrogens with one attached hydrogen (secondary N) is 1. The molecule has 1 aromatic heterocycles. The second kappa shape index (κ2) is 8.24. The maximum atomic E-state index is 9.50. The lowest BCUT2D eigenvalue weighted by atomic mass is 10.1. The Balaban J connectivity index is 1.68. The minimum atomic E-state index is 0.480. The zero-order chi connectivity index (χ0) is 19.5. The van der Waals surface area contributed by atoms with Crippen LogP contribution in [0.1, 0.15) is 5.56 Å². The van der Waals surface area contributed by atoms with Crippen LogP contribution in [0.2, 0.25) is 5.02 Å². The molecule has 0 spiro atoms. The van der Waals surface area contributed by atoms with Gasteiger partial charge >= 0.3 is 0 Å². The Morgan fingerprint density at radius 3 is 2.61 bits per heavy atom. The Labute approximate surface area is 180 Å². The Morgan fingerprint density at radius 2 is 1.86 bits per heavy atom. The van der Waals surface area contributed by atoms with E-state index in [0.29, 0.717) is 10.6 Å². The van der Waals surface area contributed by atoms with Crippen molar-refractivity contribution in [1.29, 1.82) is 5.26 Å². The summed E-state index contributed by atoms with van der Waals surface area (Å²) in [5.74, 6) is 0. The van der Waals surface area contributed by atoms with Gasteiger partial charge in [-0.3, -0.25) is 4.98 Å². The van der Waals surface area contributed by atoms with Gasteiger partial charge in [0.25, 0.3) is 0 Å². The summed E-state index contributed by atoms with van der Waals surface area (Å²) in [5, 5.41) is 14.4. The number of anilines is 2. The highest BCUT2D eigenvalue weighted by atomic mass is 79.9. The standard InChI is InChI=1S/C22H13BrClN3S/c23-15-6-8-18-20(10-15)26-13-14(12-25)22(18)27-16-7-9-21(19(24)11-16)28-17-4-2-1-3-5-17/h1-11,13H,(H,26,27). The lowest BCUT2D eigenvalue weighted by molar-refractivity contribution is 1.35. The van der Waals surface area contributed by atoms with E-state index in [9.17, 15) is 5.26 Å². The molecule has 3 aromatic carbocycles. The average molecular weight is 467 g/mol. The fourth-order valence-electron chi connectivity index (χ4n) is 2.81. The quantitative estimate of drug-likeness (QED) is 0.340. The van der Waals surface area contributed by atoms with E-state index in [1.807, 2.05) is 66.7 Å². The number of nitriles is 1. The second-order valence-electron chi connectivity index (χ2n) is 6.01. The Morgan fingerprint density at radius 1 is 1.04 bits per heavy atom. The van der Waals surface area contributed by atoms with E-state index in [2.05, 4.69) is 32.3 Å². The largest absolute Gasteiger partial charge is 0.354 e. The van der Waals surface area contributed by atoms with Gasteiger partial charge in [0.1, 0.15) is 6.07 Å². The van der Waals surface area contributed by atoms with E-state index in [1.165, 1.54) is 0 Å². The van der Waals surface area contributed by atoms with Gasteiger partial charge in [0.05, 0.1) is 21.8 Å². The number of fused-ring (bicyclic) bond motifs is 1. The molecule has 0 fully saturated rings. The third kappa shape index (κ3) is 4.00. The van der Waals surface area contributed by atoms with E-state index in [0.717, 1.165) is 36.5 Å². The van der Waals surface area contributed by atoms with Crippen LogP contribution in [0.5, 0.6) is 0 Å². The minimum Gasteiger partial charge on any atom is -0.354 e. The topological polar surface area (TPSA) is 48.7 Å². The average Bonchev–Trinajstić information content (AvgIpc) is 2.71. The molecule has 0 saturated heterocycles. The fraction of sp³-hybridized carbons (Fsp3) is 0. The van der Waals surface area contributed by atoms with Crippen molar-refractivity contribution in [3.8, 4) is 6.07 Å². The van der Waals surface area contributed by atoms with Gasteiger partial charge in [-0.05, 0) is 48.5 Å². The molecule has 0 atom stereocenters. The predicted octanol–water partition coefficient (Wildman–Crippen LogP) is 7.42. The molecule has 1 heterocycles. The van der Waals surface area contributed by atoms with Crippen molar-refractivity contribution in [2.75, 3.05) is 5.32 Å². The molecule has 0 amide bonds. The summed E-state index contributed by atoms with van der Waals surface area (Å²) >= 11 is 11.6. The Kier molecular flexibility index (Phi) is 5.54. The van der Waals surface area contributed by atoms with Crippen molar-refractivity contribution < 1.29 is 0 Å². The lowest BCUT2D eigenvalue weighted by Gasteiger charge is -2.13. The molecule has 0 aliphatic rings. The van der Waals surface area contributed by atoms with Crippen LogP contribution in [-0.4, -0.2) is 4.98 Å². The minimum absolute atomic E-state index is 0.480. The van der Waals surface area contributed by atoms with Crippen molar-refractivity contribution in [1.82, 2.24) is 4.98 Å². The number of hydrogen-bond acceptors (Lipinski definition) is 4. The number of nitrogens with zero attached hydrogens (tertiary/aromatic N) is 2. The molecule has 0 aliphatic carbocycles. The predicted molar refractivity (Wildman–Crippen MR) is 119 cm³/mol. The van der Waals surface area contributed by atoms with Gasteiger partial charge in [0, 0.05) is 31.5 Å². The molecule has 0 radical (unpaired) electrons. The summed E-state index contributed by atoms with van der Waals surface area (Å²) in [5.41, 5.74) is 2.82. The summed E-state index contributed by atoms with van der Waals surface area (Å²) in [6.07, 6.45) is 1.58. The monoisotopic (exact) mass is 465 g/mol. The van der Waals surface area contributed by atoms with Gasteiger partial charge in [0.15, 0.2) is 0 Å². The van der Waals surface area contributed by atoms with Crippen molar-refractivity contribution in [2.24, 2.45) is 0 Å². The molecule has 6 heteroatoms. The third-order valence-corrected chi connectivity index (χ3v) is 6.13. The van der Waals surface area contributed by atoms with Crippen molar-refractivity contribution in [3.05, 3.63) is 88.0 Å². The molecule has 0 bridgehead atoms. The van der Waals surface area contributed by atoms with Gasteiger partial charge in [-0.25, -0.2) is 0 Å². The third-order valence-electron chi connectivity index (χ3n) is 4.12. The summed E-state index contributed by atoms with van der Waals surface area (Å²) in [7, 11) is 0. The number of aromatic nitrogens is 1. The van der Waals surface area contributed by atoms with Gasteiger partial charge in [0.2, 0.25) is 0 Å². The number of pyridine rings is 1. The maximum Gasteiger partial charge on any atom is 0.103 e. The molecule has 136 valence electrons. The van der Waals surface area contributed by atoms with E-state index in [-0.39, 0.29) is 0 Å². The van der Waals surface area contributed by atoms with Crippen LogP contribution in [0, 0.1) is 11.3 Å². The number of halogens is 2. The summed E-state index contributed by atoms with van der Waals surface area (Å²) in [6, 6.07) is 23.9. The molecule has 3 nitrogen and oxygen atoms in total. The SMILES string of the molecule is N#Cc1cnc2cc(Br)ccc2c1Nc1ccc(Sc2ccccc2)c(Cl)c1. The summed E-state index contributed by atoms with van der Waals surface area (Å²) in [6.45, 7) is 0. The molecule has 4 aromatic rings. The van der Waals surface area contributed by atoms with E-state index in [4.69, 9.17) is 11.6 Å². The number of rotatable bonds is 4. The summed E-state index contributed by atoms with van der Waals surface area (Å²) in [4.78, 5) is 6.47. The van der Waals surface area contributed by atoms with Crippen molar-refractivity contribution in [3.63, 3.8) is 0 Å². The number of benzene rings is 3. The highest BCUT2D eigenvalue weighted by Crippen LogP contribution is 2.36. The molecule has 0 saturated carbocycles. The first kappa shape index (κ1) is 18.8. The van der Waals surface area contributed by atoms with Crippen LogP contribution in [0.25, 0.3) is 10.9 Å². The van der Waals surface area contributed by atoms with Crippen molar-refractivity contribution >= 4 is 61.6 Å². The highest BCUT2D eigenvalue weighted by Gasteiger charge is 2.11. The fourth-order valence-corrected chi connectivity index (χ4v) is 4.29. The first-order valence-electron chi connectivity index (χ1n) is 8.42. The van der Waals surface area contributed by atoms with E-state index < -0.39 is 0 Å². The van der Waals surface area contributed by atoms with Gasteiger partial charge in [-0.15, -0.1) is 0 Å². The first-order chi connectivity index (χ1) is 13.6. The van der Waals surface area contributed by atoms with Gasteiger partial charge in [-0.2, -0.15) is 5.26 Å². The van der Waals surface area contributed by atoms with Gasteiger partial charge in [-0.1, -0.05) is 57.5 Å². The number of hydrogen-bond donors (Lipinski definition) is 1. The van der Waals surface area contributed by atoms with Gasteiger partial charge < -0.3 is 5.32 Å². The molecule has 0 aliphatic heterocycles. The second-order valence-corrected chi connectivity index (χ2v) is 8.44. The molecule has 4 rings (SSSR count). The maximum absolute atomic E-state index is 9.50. The van der Waals surface area contributed by atoms with Crippen LogP contribution in [0.15, 0.2) is 87.2 Å². The first-order valence-corrected chi connectivity index (χ1v) is 10.4.